The van der Waals surface area contributed by atoms with Gasteiger partial charge in [-0.15, -0.1) is 0 Å². The highest BCUT2D eigenvalue weighted by Gasteiger charge is 2.34. The molecule has 0 amide bonds. The Morgan fingerprint density at radius 2 is 1.90 bits per heavy atom. The largest absolute Gasteiger partial charge is 0.433 e. The number of halogens is 4. The fraction of sp³-hybridized carbons (Fsp3) is 0.692. The maximum atomic E-state index is 12.8. The van der Waals surface area contributed by atoms with Crippen LogP contribution in [0.1, 0.15) is 44.7 Å². The second-order valence-electron chi connectivity index (χ2n) is 4.96. The van der Waals surface area contributed by atoms with E-state index in [0.29, 0.717) is 6.54 Å². The minimum atomic E-state index is -4.51. The third kappa shape index (κ3) is 3.53. The second kappa shape index (κ2) is 6.16. The average molecular weight is 308 g/mol. The lowest BCUT2D eigenvalue weighted by molar-refractivity contribution is -0.141. The van der Waals surface area contributed by atoms with E-state index in [1.165, 1.54) is 6.42 Å². The predicted octanol–water partition coefficient (Wildman–Crippen LogP) is 4.31. The molecule has 0 aliphatic heterocycles. The summed E-state index contributed by atoms with van der Waals surface area (Å²) in [4.78, 5) is 9.15. The Hall–Kier alpha value is -1.04. The summed E-state index contributed by atoms with van der Waals surface area (Å²) in [6.45, 7) is 2.52. The van der Waals surface area contributed by atoms with Crippen molar-refractivity contribution >= 4 is 17.4 Å². The standard InChI is InChI=1S/C13H17ClF3N3/c1-2-20(9-6-4-3-5-7-9)11-8-10(13(15,16)17)18-12(14)19-11/h8-9H,2-7H2,1H3. The lowest BCUT2D eigenvalue weighted by atomic mass is 9.94. The second-order valence-corrected chi connectivity index (χ2v) is 5.29. The van der Waals surface area contributed by atoms with Crippen LogP contribution in [-0.4, -0.2) is 22.6 Å². The minimum absolute atomic E-state index is 0.237. The van der Waals surface area contributed by atoms with Crippen LogP contribution in [-0.2, 0) is 6.18 Å². The van der Waals surface area contributed by atoms with Crippen molar-refractivity contribution in [3.8, 4) is 0 Å². The van der Waals surface area contributed by atoms with E-state index in [2.05, 4.69) is 9.97 Å². The number of alkyl halides is 3. The molecule has 0 saturated heterocycles. The molecule has 112 valence electrons. The summed E-state index contributed by atoms with van der Waals surface area (Å²) < 4.78 is 38.4. The molecule has 0 radical (unpaired) electrons. The molecule has 1 aromatic heterocycles. The summed E-state index contributed by atoms with van der Waals surface area (Å²) in [7, 11) is 0. The highest BCUT2D eigenvalue weighted by atomic mass is 35.5. The monoisotopic (exact) mass is 307 g/mol. The van der Waals surface area contributed by atoms with Crippen molar-refractivity contribution < 1.29 is 13.2 Å². The average Bonchev–Trinajstić information content (AvgIpc) is 2.39. The van der Waals surface area contributed by atoms with E-state index in [0.717, 1.165) is 31.7 Å². The van der Waals surface area contributed by atoms with Gasteiger partial charge in [-0.05, 0) is 31.4 Å². The van der Waals surface area contributed by atoms with Crippen LogP contribution >= 0.6 is 11.6 Å². The van der Waals surface area contributed by atoms with Gasteiger partial charge < -0.3 is 4.90 Å². The van der Waals surface area contributed by atoms with Crippen LogP contribution in [0.5, 0.6) is 0 Å². The highest BCUT2D eigenvalue weighted by Crippen LogP contribution is 2.32. The van der Waals surface area contributed by atoms with E-state index in [1.807, 2.05) is 11.8 Å². The molecular formula is C13H17ClF3N3. The zero-order valence-electron chi connectivity index (χ0n) is 11.3. The van der Waals surface area contributed by atoms with Gasteiger partial charge in [-0.25, -0.2) is 9.97 Å². The van der Waals surface area contributed by atoms with Crippen LogP contribution in [0.2, 0.25) is 5.28 Å². The van der Waals surface area contributed by atoms with Gasteiger partial charge in [0.15, 0.2) is 5.69 Å². The summed E-state index contributed by atoms with van der Waals surface area (Å²) in [6, 6.07) is 1.23. The van der Waals surface area contributed by atoms with Gasteiger partial charge in [-0.2, -0.15) is 13.2 Å². The number of hydrogen-bond acceptors (Lipinski definition) is 3. The van der Waals surface area contributed by atoms with Gasteiger partial charge in [0.05, 0.1) is 0 Å². The predicted molar refractivity (Wildman–Crippen MR) is 71.9 cm³/mol. The van der Waals surface area contributed by atoms with Crippen molar-refractivity contribution in [2.45, 2.75) is 51.2 Å². The number of anilines is 1. The van der Waals surface area contributed by atoms with E-state index in [4.69, 9.17) is 11.6 Å². The summed E-state index contributed by atoms with van der Waals surface area (Å²) >= 11 is 5.65. The fourth-order valence-corrected chi connectivity index (χ4v) is 2.88. The van der Waals surface area contributed by atoms with Gasteiger partial charge in [0.2, 0.25) is 5.28 Å². The SMILES string of the molecule is CCN(c1cc(C(F)(F)F)nc(Cl)n1)C1CCCCC1. The minimum Gasteiger partial charge on any atom is -0.354 e. The maximum Gasteiger partial charge on any atom is 0.433 e. The molecule has 0 spiro atoms. The Morgan fingerprint density at radius 1 is 1.25 bits per heavy atom. The molecule has 1 heterocycles. The molecule has 0 bridgehead atoms. The first kappa shape index (κ1) is 15.4. The van der Waals surface area contributed by atoms with Gasteiger partial charge in [0.1, 0.15) is 5.82 Å². The number of aromatic nitrogens is 2. The molecule has 1 fully saturated rings. The van der Waals surface area contributed by atoms with E-state index in [1.54, 1.807) is 0 Å². The molecule has 3 nitrogen and oxygen atoms in total. The zero-order chi connectivity index (χ0) is 14.8. The normalized spacial score (nSPS) is 17.2. The first-order chi connectivity index (χ1) is 9.41. The first-order valence-corrected chi connectivity index (χ1v) is 7.18. The summed E-state index contributed by atoms with van der Waals surface area (Å²) in [6.07, 6.45) is 0.853. The molecular weight excluding hydrogens is 291 g/mol. The maximum absolute atomic E-state index is 12.8. The molecule has 20 heavy (non-hydrogen) atoms. The lowest BCUT2D eigenvalue weighted by Crippen LogP contribution is -2.37. The van der Waals surface area contributed by atoms with Gasteiger partial charge in [0, 0.05) is 18.7 Å². The van der Waals surface area contributed by atoms with E-state index < -0.39 is 11.9 Å². The van der Waals surface area contributed by atoms with Gasteiger partial charge in [-0.1, -0.05) is 19.3 Å². The first-order valence-electron chi connectivity index (χ1n) is 6.80. The Labute approximate surface area is 121 Å². The topological polar surface area (TPSA) is 29.0 Å². The van der Waals surface area contributed by atoms with Crippen LogP contribution in [0, 0.1) is 0 Å². The van der Waals surface area contributed by atoms with Crippen LogP contribution < -0.4 is 4.90 Å². The van der Waals surface area contributed by atoms with Crippen LogP contribution in [0.4, 0.5) is 19.0 Å². The third-order valence-corrected chi connectivity index (χ3v) is 3.80. The van der Waals surface area contributed by atoms with Crippen molar-refractivity contribution in [2.75, 3.05) is 11.4 Å². The molecule has 0 N–H and O–H groups in total. The Balaban J connectivity index is 2.31. The molecule has 1 aliphatic rings. The Morgan fingerprint density at radius 3 is 2.45 bits per heavy atom. The van der Waals surface area contributed by atoms with Crippen molar-refractivity contribution in [1.29, 1.82) is 0 Å². The number of nitrogens with zero attached hydrogens (tertiary/aromatic N) is 3. The van der Waals surface area contributed by atoms with Crippen LogP contribution in [0.25, 0.3) is 0 Å². The van der Waals surface area contributed by atoms with E-state index >= 15 is 0 Å². The number of rotatable bonds is 3. The highest BCUT2D eigenvalue weighted by molar-refractivity contribution is 6.28. The molecule has 1 saturated carbocycles. The number of hydrogen-bond donors (Lipinski definition) is 0. The van der Waals surface area contributed by atoms with E-state index in [9.17, 15) is 13.2 Å². The van der Waals surface area contributed by atoms with Gasteiger partial charge in [0.25, 0.3) is 0 Å². The summed E-state index contributed by atoms with van der Waals surface area (Å²) in [5.74, 6) is 0.270. The molecule has 1 aromatic rings. The van der Waals surface area contributed by atoms with Crippen molar-refractivity contribution in [3.63, 3.8) is 0 Å². The summed E-state index contributed by atoms with van der Waals surface area (Å²) in [5.41, 5.74) is -0.984. The Kier molecular flexibility index (Phi) is 4.73. The van der Waals surface area contributed by atoms with Crippen LogP contribution in [0.3, 0.4) is 0 Å². The molecule has 0 atom stereocenters. The molecule has 0 aromatic carbocycles. The van der Waals surface area contributed by atoms with Crippen molar-refractivity contribution in [1.82, 2.24) is 9.97 Å². The summed E-state index contributed by atoms with van der Waals surface area (Å²) in [5, 5.41) is -0.357. The zero-order valence-corrected chi connectivity index (χ0v) is 12.0. The van der Waals surface area contributed by atoms with Crippen LogP contribution in [0.15, 0.2) is 6.07 Å². The molecule has 2 rings (SSSR count). The quantitative estimate of drug-likeness (QED) is 0.779. The van der Waals surface area contributed by atoms with Gasteiger partial charge >= 0.3 is 6.18 Å². The molecule has 7 heteroatoms. The lowest BCUT2D eigenvalue weighted by Gasteiger charge is -2.34. The smallest absolute Gasteiger partial charge is 0.354 e. The Bertz CT molecular complexity index is 459. The van der Waals surface area contributed by atoms with E-state index in [-0.39, 0.29) is 17.1 Å². The van der Waals surface area contributed by atoms with Crippen molar-refractivity contribution in [3.05, 3.63) is 17.0 Å². The fourth-order valence-electron chi connectivity index (χ4n) is 2.70. The van der Waals surface area contributed by atoms with Gasteiger partial charge in [-0.3, -0.25) is 0 Å². The van der Waals surface area contributed by atoms with Crippen molar-refractivity contribution in [2.24, 2.45) is 0 Å². The molecule has 0 unspecified atom stereocenters. The third-order valence-electron chi connectivity index (χ3n) is 3.63. The molecule has 1 aliphatic carbocycles.